The second-order valence-electron chi connectivity index (χ2n) is 5.17. The molecular formula is C17H16ClNO4S. The summed E-state index contributed by atoms with van der Waals surface area (Å²) < 4.78 is 5.12. The smallest absolute Gasteiger partial charge is 0.341 e. The standard InChI is InChI=1S/C17H16ClNO4S/c1-9-10(2)24-16(19-11(3)20)15(9)17(22)23-8-14(21)12-4-6-13(18)7-5-12/h4-7H,8H2,1-3H3,(H,19,20). The maximum Gasteiger partial charge on any atom is 0.341 e. The fourth-order valence-corrected chi connectivity index (χ4v) is 3.26. The normalized spacial score (nSPS) is 10.3. The maximum atomic E-state index is 12.3. The van der Waals surface area contributed by atoms with Gasteiger partial charge in [0.15, 0.2) is 12.4 Å². The Hall–Kier alpha value is -2.18. The lowest BCUT2D eigenvalue weighted by molar-refractivity contribution is -0.114. The number of carbonyl (C=O) groups excluding carboxylic acids is 3. The summed E-state index contributed by atoms with van der Waals surface area (Å²) >= 11 is 7.07. The summed E-state index contributed by atoms with van der Waals surface area (Å²) in [6, 6.07) is 6.33. The number of hydrogen-bond donors (Lipinski definition) is 1. The molecule has 0 atom stereocenters. The van der Waals surface area contributed by atoms with E-state index >= 15 is 0 Å². The SMILES string of the molecule is CC(=O)Nc1sc(C)c(C)c1C(=O)OCC(=O)c1ccc(Cl)cc1. The molecule has 24 heavy (non-hydrogen) atoms. The summed E-state index contributed by atoms with van der Waals surface area (Å²) in [5, 5.41) is 3.57. The van der Waals surface area contributed by atoms with Crippen LogP contribution in [0.1, 0.15) is 38.1 Å². The van der Waals surface area contributed by atoms with Crippen molar-refractivity contribution in [2.24, 2.45) is 0 Å². The van der Waals surface area contributed by atoms with Crippen LogP contribution < -0.4 is 5.32 Å². The van der Waals surface area contributed by atoms with Gasteiger partial charge in [-0.25, -0.2) is 4.79 Å². The Labute approximate surface area is 148 Å². The summed E-state index contributed by atoms with van der Waals surface area (Å²) in [6.07, 6.45) is 0. The van der Waals surface area contributed by atoms with Crippen molar-refractivity contribution in [1.82, 2.24) is 0 Å². The van der Waals surface area contributed by atoms with E-state index < -0.39 is 5.97 Å². The number of nitrogens with one attached hydrogen (secondary N) is 1. The van der Waals surface area contributed by atoms with Gasteiger partial charge >= 0.3 is 5.97 Å². The van der Waals surface area contributed by atoms with E-state index in [0.717, 1.165) is 10.4 Å². The Balaban J connectivity index is 2.11. The van der Waals surface area contributed by atoms with Crippen LogP contribution in [0.15, 0.2) is 24.3 Å². The van der Waals surface area contributed by atoms with E-state index in [1.54, 1.807) is 31.2 Å². The maximum absolute atomic E-state index is 12.3. The number of anilines is 1. The van der Waals surface area contributed by atoms with Gasteiger partial charge in [-0.3, -0.25) is 9.59 Å². The monoisotopic (exact) mass is 365 g/mol. The van der Waals surface area contributed by atoms with E-state index in [1.165, 1.54) is 18.3 Å². The van der Waals surface area contributed by atoms with Gasteiger partial charge in [0.1, 0.15) is 5.00 Å². The summed E-state index contributed by atoms with van der Waals surface area (Å²) in [5.41, 5.74) is 1.43. The van der Waals surface area contributed by atoms with Crippen LogP contribution in [0.25, 0.3) is 0 Å². The van der Waals surface area contributed by atoms with Gasteiger partial charge in [0.05, 0.1) is 5.56 Å². The van der Waals surface area contributed by atoms with E-state index in [9.17, 15) is 14.4 Å². The molecule has 1 amide bonds. The fourth-order valence-electron chi connectivity index (χ4n) is 2.04. The molecule has 7 heteroatoms. The van der Waals surface area contributed by atoms with Crippen molar-refractivity contribution >= 4 is 45.6 Å². The van der Waals surface area contributed by atoms with Crippen molar-refractivity contribution in [2.45, 2.75) is 20.8 Å². The molecule has 1 heterocycles. The number of carbonyl (C=O) groups is 3. The van der Waals surface area contributed by atoms with Crippen LogP contribution in [-0.2, 0) is 9.53 Å². The number of ether oxygens (including phenoxy) is 1. The Morgan fingerprint density at radius 3 is 2.38 bits per heavy atom. The molecule has 0 bridgehead atoms. The summed E-state index contributed by atoms with van der Waals surface area (Å²) in [7, 11) is 0. The summed E-state index contributed by atoms with van der Waals surface area (Å²) in [5.74, 6) is -1.24. The van der Waals surface area contributed by atoms with Gasteiger partial charge < -0.3 is 10.1 Å². The molecule has 0 aliphatic carbocycles. The number of Topliss-reactive ketones (excluding diaryl/α,β-unsaturated/α-hetero) is 1. The molecule has 0 aliphatic rings. The molecule has 1 N–H and O–H groups in total. The minimum atomic E-state index is -0.636. The molecule has 126 valence electrons. The van der Waals surface area contributed by atoms with E-state index in [4.69, 9.17) is 16.3 Å². The number of thiophene rings is 1. The van der Waals surface area contributed by atoms with Crippen molar-refractivity contribution in [3.8, 4) is 0 Å². The molecule has 0 saturated heterocycles. The van der Waals surface area contributed by atoms with Gasteiger partial charge in [0, 0.05) is 22.4 Å². The second kappa shape index (κ2) is 7.59. The van der Waals surface area contributed by atoms with Crippen LogP contribution in [0.5, 0.6) is 0 Å². The minimum Gasteiger partial charge on any atom is -0.454 e. The first-order valence-corrected chi connectivity index (χ1v) is 8.32. The van der Waals surface area contributed by atoms with Gasteiger partial charge in [-0.1, -0.05) is 11.6 Å². The Bertz CT molecular complexity index is 796. The molecule has 2 aromatic rings. The molecule has 1 aromatic carbocycles. The largest absolute Gasteiger partial charge is 0.454 e. The number of ketones is 1. The van der Waals surface area contributed by atoms with Gasteiger partial charge in [0.25, 0.3) is 0 Å². The predicted octanol–water partition coefficient (Wildman–Crippen LogP) is 4.02. The zero-order valence-corrected chi connectivity index (χ0v) is 15.0. The highest BCUT2D eigenvalue weighted by Gasteiger charge is 2.22. The van der Waals surface area contributed by atoms with Gasteiger partial charge in [0.2, 0.25) is 5.91 Å². The zero-order chi connectivity index (χ0) is 17.9. The van der Waals surface area contributed by atoms with Crippen LogP contribution in [0, 0.1) is 13.8 Å². The van der Waals surface area contributed by atoms with E-state index in [-0.39, 0.29) is 23.9 Å². The first-order valence-electron chi connectivity index (χ1n) is 7.13. The van der Waals surface area contributed by atoms with Gasteiger partial charge in [-0.2, -0.15) is 0 Å². The molecule has 0 fully saturated rings. The average molecular weight is 366 g/mol. The Kier molecular flexibility index (Phi) is 5.75. The van der Waals surface area contributed by atoms with Gasteiger partial charge in [-0.15, -0.1) is 11.3 Å². The number of halogens is 1. The predicted molar refractivity (Wildman–Crippen MR) is 94.2 cm³/mol. The highest BCUT2D eigenvalue weighted by atomic mass is 35.5. The molecule has 0 saturated carbocycles. The van der Waals surface area contributed by atoms with Crippen LogP contribution in [0.3, 0.4) is 0 Å². The van der Waals surface area contributed by atoms with Crippen LogP contribution in [-0.4, -0.2) is 24.3 Å². The lowest BCUT2D eigenvalue weighted by Gasteiger charge is -2.07. The summed E-state index contributed by atoms with van der Waals surface area (Å²) in [4.78, 5) is 36.6. The molecule has 5 nitrogen and oxygen atoms in total. The van der Waals surface area contributed by atoms with Crippen molar-refractivity contribution in [3.63, 3.8) is 0 Å². The number of aryl methyl sites for hydroxylation is 1. The summed E-state index contributed by atoms with van der Waals surface area (Å²) in [6.45, 7) is 4.60. The third kappa shape index (κ3) is 4.21. The van der Waals surface area contributed by atoms with Crippen molar-refractivity contribution < 1.29 is 19.1 Å². The molecule has 1 aromatic heterocycles. The number of amides is 1. The molecule has 0 unspecified atom stereocenters. The highest BCUT2D eigenvalue weighted by Crippen LogP contribution is 2.33. The molecule has 0 spiro atoms. The number of hydrogen-bond acceptors (Lipinski definition) is 5. The fraction of sp³-hybridized carbons (Fsp3) is 0.235. The average Bonchev–Trinajstić information content (AvgIpc) is 2.79. The second-order valence-corrected chi connectivity index (χ2v) is 6.84. The van der Waals surface area contributed by atoms with Gasteiger partial charge in [-0.05, 0) is 43.7 Å². The highest BCUT2D eigenvalue weighted by molar-refractivity contribution is 7.16. The van der Waals surface area contributed by atoms with Crippen LogP contribution in [0.2, 0.25) is 5.02 Å². The van der Waals surface area contributed by atoms with E-state index in [1.807, 2.05) is 6.92 Å². The Morgan fingerprint density at radius 2 is 1.79 bits per heavy atom. The van der Waals surface area contributed by atoms with Crippen LogP contribution >= 0.6 is 22.9 Å². The number of benzene rings is 1. The quantitative estimate of drug-likeness (QED) is 0.641. The lowest BCUT2D eigenvalue weighted by atomic mass is 10.1. The molecular weight excluding hydrogens is 350 g/mol. The van der Waals surface area contributed by atoms with E-state index in [0.29, 0.717) is 15.6 Å². The molecule has 0 radical (unpaired) electrons. The molecule has 0 aliphatic heterocycles. The molecule has 2 rings (SSSR count). The third-order valence-electron chi connectivity index (χ3n) is 3.38. The first-order chi connectivity index (χ1) is 11.3. The lowest BCUT2D eigenvalue weighted by Crippen LogP contribution is -2.16. The zero-order valence-electron chi connectivity index (χ0n) is 13.4. The van der Waals surface area contributed by atoms with Crippen molar-refractivity contribution in [2.75, 3.05) is 11.9 Å². The Morgan fingerprint density at radius 1 is 1.17 bits per heavy atom. The first kappa shape index (κ1) is 18.2. The number of esters is 1. The van der Waals surface area contributed by atoms with Crippen molar-refractivity contribution in [1.29, 1.82) is 0 Å². The topological polar surface area (TPSA) is 72.5 Å². The van der Waals surface area contributed by atoms with Crippen molar-refractivity contribution in [3.05, 3.63) is 50.9 Å². The number of rotatable bonds is 5. The third-order valence-corrected chi connectivity index (χ3v) is 4.75. The minimum absolute atomic E-state index is 0.275. The van der Waals surface area contributed by atoms with E-state index in [2.05, 4.69) is 5.32 Å². The van der Waals surface area contributed by atoms with Crippen LogP contribution in [0.4, 0.5) is 5.00 Å².